The summed E-state index contributed by atoms with van der Waals surface area (Å²) in [6, 6.07) is 7.19. The largest absolute Gasteiger partial charge is 0.388 e. The van der Waals surface area contributed by atoms with E-state index >= 15 is 0 Å². The van der Waals surface area contributed by atoms with Crippen LogP contribution in [0.5, 0.6) is 0 Å². The molecule has 2 N–H and O–H groups in total. The van der Waals surface area contributed by atoms with Crippen molar-refractivity contribution in [2.45, 2.75) is 57.1 Å². The molecule has 1 aliphatic carbocycles. The third-order valence-corrected chi connectivity index (χ3v) is 5.03. The molecular weight excluding hydrogens is 262 g/mol. The van der Waals surface area contributed by atoms with Crippen molar-refractivity contribution in [3.8, 4) is 0 Å². The van der Waals surface area contributed by atoms with Crippen molar-refractivity contribution < 1.29 is 9.84 Å². The van der Waals surface area contributed by atoms with Crippen molar-refractivity contribution in [2.75, 3.05) is 19.8 Å². The average molecular weight is 289 g/mol. The average Bonchev–Trinajstić information content (AvgIpc) is 2.53. The minimum Gasteiger partial charge on any atom is -0.388 e. The molecule has 1 aromatic rings. The highest BCUT2D eigenvalue weighted by atomic mass is 16.5. The van der Waals surface area contributed by atoms with Gasteiger partial charge in [0.15, 0.2) is 0 Å². The molecule has 1 aromatic carbocycles. The maximum atomic E-state index is 10.5. The Morgan fingerprint density at radius 2 is 1.90 bits per heavy atom. The van der Waals surface area contributed by atoms with Crippen LogP contribution < -0.4 is 5.32 Å². The number of fused-ring (bicyclic) bond motifs is 1. The van der Waals surface area contributed by atoms with Crippen LogP contribution in [0.3, 0.4) is 0 Å². The number of aliphatic hydroxyl groups is 1. The van der Waals surface area contributed by atoms with Crippen LogP contribution in [-0.4, -0.2) is 30.5 Å². The Morgan fingerprint density at radius 1 is 1.19 bits per heavy atom. The topological polar surface area (TPSA) is 41.5 Å². The molecule has 1 fully saturated rings. The van der Waals surface area contributed by atoms with E-state index in [2.05, 4.69) is 30.4 Å². The fraction of sp³-hybridized carbons (Fsp3) is 0.667. The number of benzene rings is 1. The second-order valence-electron chi connectivity index (χ2n) is 6.67. The van der Waals surface area contributed by atoms with Crippen LogP contribution in [0.15, 0.2) is 18.2 Å². The summed E-state index contributed by atoms with van der Waals surface area (Å²) in [6.45, 7) is 4.18. The van der Waals surface area contributed by atoms with Crippen molar-refractivity contribution in [1.29, 1.82) is 0 Å². The van der Waals surface area contributed by atoms with Gasteiger partial charge in [-0.25, -0.2) is 0 Å². The van der Waals surface area contributed by atoms with Gasteiger partial charge < -0.3 is 15.2 Å². The van der Waals surface area contributed by atoms with E-state index in [1.54, 1.807) is 0 Å². The molecule has 1 atom stereocenters. The Labute approximate surface area is 127 Å². The molecule has 21 heavy (non-hydrogen) atoms. The Kier molecular flexibility index (Phi) is 4.63. The molecule has 2 aliphatic rings. The van der Waals surface area contributed by atoms with Crippen LogP contribution in [0.2, 0.25) is 0 Å². The molecule has 3 rings (SSSR count). The molecule has 0 bridgehead atoms. The van der Waals surface area contributed by atoms with Gasteiger partial charge in [-0.2, -0.15) is 0 Å². The van der Waals surface area contributed by atoms with Gasteiger partial charge in [-0.1, -0.05) is 18.2 Å². The van der Waals surface area contributed by atoms with Crippen molar-refractivity contribution in [3.05, 3.63) is 34.9 Å². The van der Waals surface area contributed by atoms with Gasteiger partial charge in [-0.15, -0.1) is 0 Å². The molecule has 116 valence electrons. The first kappa shape index (κ1) is 15.0. The quantitative estimate of drug-likeness (QED) is 0.895. The molecule has 0 radical (unpaired) electrons. The predicted octanol–water partition coefficient (Wildman–Crippen LogP) is 2.76. The number of ether oxygens (including phenoxy) is 1. The fourth-order valence-electron chi connectivity index (χ4n) is 3.41. The van der Waals surface area contributed by atoms with Gasteiger partial charge >= 0.3 is 0 Å². The number of hydrogen-bond acceptors (Lipinski definition) is 3. The zero-order chi connectivity index (χ0) is 14.7. The van der Waals surface area contributed by atoms with Gasteiger partial charge in [-0.3, -0.25) is 0 Å². The molecular formula is C18H27NO2. The number of nitrogens with one attached hydrogen (secondary N) is 1. The fourth-order valence-corrected chi connectivity index (χ4v) is 3.41. The summed E-state index contributed by atoms with van der Waals surface area (Å²) in [5.74, 6) is 0. The van der Waals surface area contributed by atoms with Gasteiger partial charge in [0, 0.05) is 38.6 Å². The lowest BCUT2D eigenvalue weighted by Crippen LogP contribution is -2.45. The van der Waals surface area contributed by atoms with Crippen LogP contribution in [-0.2, 0) is 17.6 Å². The van der Waals surface area contributed by atoms with Crippen molar-refractivity contribution in [3.63, 3.8) is 0 Å². The van der Waals surface area contributed by atoms with E-state index in [0.29, 0.717) is 19.8 Å². The summed E-state index contributed by atoms with van der Waals surface area (Å²) < 4.78 is 5.33. The molecule has 3 nitrogen and oxygen atoms in total. The molecule has 0 aromatic heterocycles. The van der Waals surface area contributed by atoms with Crippen LogP contribution in [0, 0.1) is 0 Å². The Hall–Kier alpha value is -0.900. The SMILES string of the molecule is CC(NCC1(O)CCOCC1)c1ccc2c(c1)CCCC2. The number of aryl methyl sites for hydroxylation is 2. The number of hydrogen-bond donors (Lipinski definition) is 2. The predicted molar refractivity (Wildman–Crippen MR) is 84.5 cm³/mol. The van der Waals surface area contributed by atoms with Crippen molar-refractivity contribution in [2.24, 2.45) is 0 Å². The van der Waals surface area contributed by atoms with Crippen LogP contribution in [0.25, 0.3) is 0 Å². The smallest absolute Gasteiger partial charge is 0.0815 e. The van der Waals surface area contributed by atoms with Gasteiger partial charge in [0.25, 0.3) is 0 Å². The maximum Gasteiger partial charge on any atom is 0.0815 e. The van der Waals surface area contributed by atoms with Gasteiger partial charge in [-0.05, 0) is 49.3 Å². The zero-order valence-corrected chi connectivity index (χ0v) is 13.0. The molecule has 1 heterocycles. The lowest BCUT2D eigenvalue weighted by atomic mass is 9.89. The molecule has 3 heteroatoms. The molecule has 0 spiro atoms. The molecule has 0 saturated carbocycles. The normalized spacial score (nSPS) is 22.6. The third-order valence-electron chi connectivity index (χ3n) is 5.03. The first-order chi connectivity index (χ1) is 10.2. The number of rotatable bonds is 4. The van der Waals surface area contributed by atoms with Gasteiger partial charge in [0.1, 0.15) is 0 Å². The van der Waals surface area contributed by atoms with E-state index in [1.807, 2.05) is 0 Å². The standard InChI is InChI=1S/C18H27NO2/c1-14(19-13-18(20)8-10-21-11-9-18)16-7-6-15-4-2-3-5-17(15)12-16/h6-7,12,14,19-20H,2-5,8-11,13H2,1H3. The first-order valence-corrected chi connectivity index (χ1v) is 8.32. The lowest BCUT2D eigenvalue weighted by Gasteiger charge is -2.33. The van der Waals surface area contributed by atoms with Gasteiger partial charge in [0.2, 0.25) is 0 Å². The summed E-state index contributed by atoms with van der Waals surface area (Å²) in [5, 5.41) is 14.0. The van der Waals surface area contributed by atoms with Crippen LogP contribution in [0.1, 0.15) is 55.3 Å². The van der Waals surface area contributed by atoms with Crippen LogP contribution >= 0.6 is 0 Å². The summed E-state index contributed by atoms with van der Waals surface area (Å²) in [6.07, 6.45) is 6.56. The summed E-state index contributed by atoms with van der Waals surface area (Å²) in [4.78, 5) is 0. The maximum absolute atomic E-state index is 10.5. The Balaban J connectivity index is 1.61. The Morgan fingerprint density at radius 3 is 2.67 bits per heavy atom. The highest BCUT2D eigenvalue weighted by Crippen LogP contribution is 2.26. The van der Waals surface area contributed by atoms with Crippen molar-refractivity contribution in [1.82, 2.24) is 5.32 Å². The van der Waals surface area contributed by atoms with Gasteiger partial charge in [0.05, 0.1) is 5.60 Å². The van der Waals surface area contributed by atoms with E-state index in [0.717, 1.165) is 12.8 Å². The summed E-state index contributed by atoms with van der Waals surface area (Å²) in [5.41, 5.74) is 3.80. The van der Waals surface area contributed by atoms with E-state index < -0.39 is 5.60 Å². The second kappa shape index (κ2) is 6.47. The Bertz CT molecular complexity index is 480. The van der Waals surface area contributed by atoms with E-state index in [-0.39, 0.29) is 6.04 Å². The first-order valence-electron chi connectivity index (χ1n) is 8.32. The summed E-state index contributed by atoms with van der Waals surface area (Å²) in [7, 11) is 0. The minimum atomic E-state index is -0.597. The highest BCUT2D eigenvalue weighted by Gasteiger charge is 2.29. The highest BCUT2D eigenvalue weighted by molar-refractivity contribution is 5.35. The zero-order valence-electron chi connectivity index (χ0n) is 13.0. The van der Waals surface area contributed by atoms with E-state index in [9.17, 15) is 5.11 Å². The lowest BCUT2D eigenvalue weighted by molar-refractivity contribution is -0.0626. The third kappa shape index (κ3) is 3.65. The van der Waals surface area contributed by atoms with Crippen LogP contribution in [0.4, 0.5) is 0 Å². The van der Waals surface area contributed by atoms with E-state index in [4.69, 9.17) is 4.74 Å². The molecule has 1 aliphatic heterocycles. The minimum absolute atomic E-state index is 0.282. The molecule has 0 amide bonds. The molecule has 1 saturated heterocycles. The molecule has 1 unspecified atom stereocenters. The second-order valence-corrected chi connectivity index (χ2v) is 6.67. The monoisotopic (exact) mass is 289 g/mol. The van der Waals surface area contributed by atoms with E-state index in [1.165, 1.54) is 42.4 Å². The summed E-state index contributed by atoms with van der Waals surface area (Å²) >= 11 is 0. The van der Waals surface area contributed by atoms with Crippen molar-refractivity contribution >= 4 is 0 Å².